The molecule has 2 aliphatic carbocycles. The smallest absolute Gasteiger partial charge is 0.239 e. The first kappa shape index (κ1) is 13.4. The monoisotopic (exact) mass is 252 g/mol. The Labute approximate surface area is 109 Å². The SMILES string of the molecule is CCCNC(=O)CNC(=O)CC1CC2CCC1C2. The van der Waals surface area contributed by atoms with Crippen LogP contribution in [-0.2, 0) is 9.59 Å². The standard InChI is InChI=1S/C14H24N2O2/c1-2-5-15-14(18)9-16-13(17)8-12-7-10-3-4-11(12)6-10/h10-12H,2-9H2,1H3,(H,15,18)(H,16,17). The number of carbonyl (C=O) groups is 2. The van der Waals surface area contributed by atoms with Crippen LogP contribution in [-0.4, -0.2) is 24.9 Å². The molecule has 0 heterocycles. The molecular formula is C14H24N2O2. The molecule has 18 heavy (non-hydrogen) atoms. The number of nitrogens with one attached hydrogen (secondary N) is 2. The van der Waals surface area contributed by atoms with Gasteiger partial charge in [-0.1, -0.05) is 13.3 Å². The highest BCUT2D eigenvalue weighted by molar-refractivity contribution is 5.84. The van der Waals surface area contributed by atoms with E-state index in [1.54, 1.807) is 0 Å². The van der Waals surface area contributed by atoms with E-state index < -0.39 is 0 Å². The molecule has 2 N–H and O–H groups in total. The number of amides is 2. The van der Waals surface area contributed by atoms with Crippen molar-refractivity contribution < 1.29 is 9.59 Å². The zero-order chi connectivity index (χ0) is 13.0. The molecule has 2 rings (SSSR count). The van der Waals surface area contributed by atoms with Crippen molar-refractivity contribution in [2.24, 2.45) is 17.8 Å². The first-order chi connectivity index (χ1) is 8.69. The molecule has 3 unspecified atom stereocenters. The van der Waals surface area contributed by atoms with Crippen LogP contribution in [0.5, 0.6) is 0 Å². The highest BCUT2D eigenvalue weighted by Crippen LogP contribution is 2.49. The second-order valence-electron chi connectivity index (χ2n) is 5.77. The van der Waals surface area contributed by atoms with Crippen molar-refractivity contribution in [1.29, 1.82) is 0 Å². The zero-order valence-electron chi connectivity index (χ0n) is 11.2. The molecule has 0 saturated heterocycles. The lowest BCUT2D eigenvalue weighted by molar-refractivity contribution is -0.126. The minimum Gasteiger partial charge on any atom is -0.355 e. The van der Waals surface area contributed by atoms with Gasteiger partial charge in [0.05, 0.1) is 6.54 Å². The largest absolute Gasteiger partial charge is 0.355 e. The van der Waals surface area contributed by atoms with Crippen LogP contribution in [0.4, 0.5) is 0 Å². The molecule has 102 valence electrons. The predicted molar refractivity (Wildman–Crippen MR) is 69.9 cm³/mol. The summed E-state index contributed by atoms with van der Waals surface area (Å²) in [5.41, 5.74) is 0. The fourth-order valence-corrected chi connectivity index (χ4v) is 3.44. The molecule has 2 amide bonds. The third-order valence-corrected chi connectivity index (χ3v) is 4.35. The van der Waals surface area contributed by atoms with E-state index in [0.29, 0.717) is 18.9 Å². The van der Waals surface area contributed by atoms with Crippen LogP contribution in [0.2, 0.25) is 0 Å². The second kappa shape index (κ2) is 6.21. The lowest BCUT2D eigenvalue weighted by Crippen LogP contribution is -2.38. The number of carbonyl (C=O) groups excluding carboxylic acids is 2. The Morgan fingerprint density at radius 2 is 1.94 bits per heavy atom. The normalized spacial score (nSPS) is 29.3. The Balaban J connectivity index is 1.62. The van der Waals surface area contributed by atoms with Gasteiger partial charge < -0.3 is 10.6 Å². The van der Waals surface area contributed by atoms with Gasteiger partial charge in [-0.25, -0.2) is 0 Å². The van der Waals surface area contributed by atoms with Gasteiger partial charge in [-0.2, -0.15) is 0 Å². The van der Waals surface area contributed by atoms with Crippen LogP contribution in [0.15, 0.2) is 0 Å². The molecule has 0 aromatic carbocycles. The Bertz CT molecular complexity index is 317. The molecule has 4 nitrogen and oxygen atoms in total. The van der Waals surface area contributed by atoms with Crippen molar-refractivity contribution in [3.8, 4) is 0 Å². The maximum atomic E-state index is 11.8. The van der Waals surface area contributed by atoms with Crippen LogP contribution >= 0.6 is 0 Å². The number of hydrogen-bond acceptors (Lipinski definition) is 2. The van der Waals surface area contributed by atoms with Gasteiger partial charge >= 0.3 is 0 Å². The maximum absolute atomic E-state index is 11.8. The highest BCUT2D eigenvalue weighted by Gasteiger charge is 2.39. The van der Waals surface area contributed by atoms with Crippen molar-refractivity contribution in [1.82, 2.24) is 10.6 Å². The third kappa shape index (κ3) is 3.47. The minimum atomic E-state index is -0.0851. The molecule has 2 fully saturated rings. The summed E-state index contributed by atoms with van der Waals surface area (Å²) in [5, 5.41) is 5.48. The number of hydrogen-bond donors (Lipinski definition) is 2. The van der Waals surface area contributed by atoms with Gasteiger partial charge in [0.1, 0.15) is 0 Å². The molecule has 0 aliphatic heterocycles. The van der Waals surface area contributed by atoms with E-state index in [1.165, 1.54) is 25.7 Å². The minimum absolute atomic E-state index is 0.0409. The molecular weight excluding hydrogens is 228 g/mol. The average molecular weight is 252 g/mol. The Kier molecular flexibility index (Phi) is 4.61. The summed E-state index contributed by atoms with van der Waals surface area (Å²) in [6.07, 6.45) is 6.75. The molecule has 2 saturated carbocycles. The third-order valence-electron chi connectivity index (χ3n) is 4.35. The first-order valence-electron chi connectivity index (χ1n) is 7.22. The summed E-state index contributed by atoms with van der Waals surface area (Å²) in [5.74, 6) is 2.18. The van der Waals surface area contributed by atoms with Gasteiger partial charge in [-0.05, 0) is 43.4 Å². The number of rotatable bonds is 6. The summed E-state index contributed by atoms with van der Waals surface area (Å²) < 4.78 is 0. The number of fused-ring (bicyclic) bond motifs is 2. The molecule has 0 aromatic heterocycles. The van der Waals surface area contributed by atoms with Gasteiger partial charge in [0, 0.05) is 13.0 Å². The highest BCUT2D eigenvalue weighted by atomic mass is 16.2. The maximum Gasteiger partial charge on any atom is 0.239 e. The van der Waals surface area contributed by atoms with Crippen LogP contribution < -0.4 is 10.6 Å². The molecule has 0 radical (unpaired) electrons. The fourth-order valence-electron chi connectivity index (χ4n) is 3.44. The van der Waals surface area contributed by atoms with E-state index in [0.717, 1.165) is 18.3 Å². The second-order valence-corrected chi connectivity index (χ2v) is 5.77. The van der Waals surface area contributed by atoms with Crippen LogP contribution in [0.1, 0.15) is 45.4 Å². The van der Waals surface area contributed by atoms with Gasteiger partial charge in [-0.15, -0.1) is 0 Å². The Hall–Kier alpha value is -1.06. The fraction of sp³-hybridized carbons (Fsp3) is 0.857. The summed E-state index contributed by atoms with van der Waals surface area (Å²) >= 11 is 0. The van der Waals surface area contributed by atoms with E-state index in [2.05, 4.69) is 10.6 Å². The molecule has 2 aliphatic rings. The van der Waals surface area contributed by atoms with Crippen LogP contribution in [0, 0.1) is 17.8 Å². The zero-order valence-corrected chi connectivity index (χ0v) is 11.2. The van der Waals surface area contributed by atoms with Crippen molar-refractivity contribution in [3.63, 3.8) is 0 Å². The molecule has 2 bridgehead atoms. The van der Waals surface area contributed by atoms with E-state index in [4.69, 9.17) is 0 Å². The van der Waals surface area contributed by atoms with Gasteiger partial charge in [0.15, 0.2) is 0 Å². The summed E-state index contributed by atoms with van der Waals surface area (Å²) in [7, 11) is 0. The Morgan fingerprint density at radius 1 is 1.11 bits per heavy atom. The molecule has 0 aromatic rings. The van der Waals surface area contributed by atoms with Crippen molar-refractivity contribution in [2.45, 2.75) is 45.4 Å². The van der Waals surface area contributed by atoms with Crippen molar-refractivity contribution >= 4 is 11.8 Å². The molecule has 3 atom stereocenters. The van der Waals surface area contributed by atoms with Crippen molar-refractivity contribution in [3.05, 3.63) is 0 Å². The lowest BCUT2D eigenvalue weighted by atomic mass is 9.86. The van der Waals surface area contributed by atoms with E-state index >= 15 is 0 Å². The average Bonchev–Trinajstić information content (AvgIpc) is 2.96. The van der Waals surface area contributed by atoms with Crippen molar-refractivity contribution in [2.75, 3.05) is 13.1 Å². The summed E-state index contributed by atoms with van der Waals surface area (Å²) in [4.78, 5) is 23.1. The van der Waals surface area contributed by atoms with Gasteiger partial charge in [-0.3, -0.25) is 9.59 Å². The lowest BCUT2D eigenvalue weighted by Gasteiger charge is -2.20. The summed E-state index contributed by atoms with van der Waals surface area (Å²) in [6.45, 7) is 2.81. The topological polar surface area (TPSA) is 58.2 Å². The van der Waals surface area contributed by atoms with Crippen LogP contribution in [0.25, 0.3) is 0 Å². The van der Waals surface area contributed by atoms with E-state index in [-0.39, 0.29) is 18.4 Å². The van der Waals surface area contributed by atoms with Crippen LogP contribution in [0.3, 0.4) is 0 Å². The molecule has 4 heteroatoms. The van der Waals surface area contributed by atoms with Gasteiger partial charge in [0.2, 0.25) is 11.8 Å². The van der Waals surface area contributed by atoms with Gasteiger partial charge in [0.25, 0.3) is 0 Å². The summed E-state index contributed by atoms with van der Waals surface area (Å²) in [6, 6.07) is 0. The quantitative estimate of drug-likeness (QED) is 0.752. The Morgan fingerprint density at radius 3 is 2.56 bits per heavy atom. The molecule has 0 spiro atoms. The van der Waals surface area contributed by atoms with E-state index in [1.807, 2.05) is 6.92 Å². The predicted octanol–water partition coefficient (Wildman–Crippen LogP) is 1.46. The van der Waals surface area contributed by atoms with E-state index in [9.17, 15) is 9.59 Å². The first-order valence-corrected chi connectivity index (χ1v) is 7.22.